The molecule has 0 bridgehead atoms. The van der Waals surface area contributed by atoms with Gasteiger partial charge in [0.2, 0.25) is 0 Å². The number of aromatic carboxylic acids is 1. The number of carbonyl (C=O) groups is 2. The average Bonchev–Trinajstić information content (AvgIpc) is 3.19. The summed E-state index contributed by atoms with van der Waals surface area (Å²) in [4.78, 5) is 33.9. The number of amides is 1. The van der Waals surface area contributed by atoms with E-state index in [2.05, 4.69) is 21.4 Å². The van der Waals surface area contributed by atoms with Crippen molar-refractivity contribution >= 4 is 34.7 Å². The maximum Gasteiger partial charge on any atom is 0.335 e. The van der Waals surface area contributed by atoms with E-state index in [1.807, 2.05) is 103 Å². The third-order valence-electron chi connectivity index (χ3n) is 8.73. The number of hydrogen-bond donors (Lipinski definition) is 3. The van der Waals surface area contributed by atoms with Gasteiger partial charge in [0.25, 0.3) is 5.91 Å². The Labute approximate surface area is 299 Å². The first-order valence-electron chi connectivity index (χ1n) is 16.6. The number of carboxylic acids is 1. The molecule has 256 valence electrons. The van der Waals surface area contributed by atoms with E-state index in [1.165, 1.54) is 6.20 Å². The van der Waals surface area contributed by atoms with Crippen LogP contribution in [0.4, 0.5) is 0 Å². The van der Waals surface area contributed by atoms with Gasteiger partial charge in [0, 0.05) is 29.2 Å². The van der Waals surface area contributed by atoms with Crippen molar-refractivity contribution in [3.63, 3.8) is 0 Å². The molecule has 1 fully saturated rings. The quantitative estimate of drug-likeness (QED) is 0.116. The summed E-state index contributed by atoms with van der Waals surface area (Å²) in [5.74, 6) is -0.578. The van der Waals surface area contributed by atoms with Gasteiger partial charge in [-0.2, -0.15) is 0 Å². The molecule has 0 unspecified atom stereocenters. The molecule has 7 rings (SSSR count). The number of nitrogens with zero attached hydrogens (tertiary/aromatic N) is 2. The summed E-state index contributed by atoms with van der Waals surface area (Å²) < 4.78 is 13.0. The molecule has 0 aliphatic carbocycles. The minimum Gasteiger partial charge on any atom is -0.478 e. The number of nitrogens with one attached hydrogen (secondary N) is 1. The summed E-state index contributed by atoms with van der Waals surface area (Å²) >= 11 is 1.61. The van der Waals surface area contributed by atoms with Gasteiger partial charge in [-0.1, -0.05) is 78.9 Å². The number of carboxylic acid groups (broad SMARTS) is 1. The van der Waals surface area contributed by atoms with Crippen LogP contribution in [0.15, 0.2) is 132 Å². The SMILES string of the molecule is O=C(O)c1ccc(SC[C@H]2C[C@@H](c3ccc(CO)cc3)O[C@@H](c3ccc(-c4cccc(CNC(=O)c5cnc6ccccc6n5)c4)cc3)O2)cc1. The summed E-state index contributed by atoms with van der Waals surface area (Å²) in [6, 6.07) is 38.2. The molecular formula is C41H35N3O6S. The summed E-state index contributed by atoms with van der Waals surface area (Å²) in [6.07, 6.45) is 1.18. The van der Waals surface area contributed by atoms with Gasteiger partial charge in [-0.25, -0.2) is 9.78 Å². The molecule has 10 heteroatoms. The zero-order chi connectivity index (χ0) is 35.2. The van der Waals surface area contributed by atoms with Crippen molar-refractivity contribution in [3.05, 3.63) is 161 Å². The highest BCUT2D eigenvalue weighted by molar-refractivity contribution is 7.99. The molecule has 1 saturated heterocycles. The summed E-state index contributed by atoms with van der Waals surface area (Å²) in [5.41, 5.74) is 7.63. The highest BCUT2D eigenvalue weighted by Gasteiger charge is 2.32. The van der Waals surface area contributed by atoms with Crippen molar-refractivity contribution in [1.82, 2.24) is 15.3 Å². The highest BCUT2D eigenvalue weighted by atomic mass is 32.2. The molecule has 1 aliphatic heterocycles. The third kappa shape index (κ3) is 8.33. The van der Waals surface area contributed by atoms with Gasteiger partial charge >= 0.3 is 5.97 Å². The largest absolute Gasteiger partial charge is 0.478 e. The molecule has 0 spiro atoms. The number of benzene rings is 5. The predicted octanol–water partition coefficient (Wildman–Crippen LogP) is 7.76. The molecular weight excluding hydrogens is 663 g/mol. The van der Waals surface area contributed by atoms with E-state index in [-0.39, 0.29) is 36.0 Å². The number of aliphatic hydroxyl groups excluding tert-OH is 1. The van der Waals surface area contributed by atoms with Crippen LogP contribution in [-0.2, 0) is 22.6 Å². The van der Waals surface area contributed by atoms with E-state index in [9.17, 15) is 19.8 Å². The van der Waals surface area contributed by atoms with E-state index in [0.29, 0.717) is 24.2 Å². The molecule has 1 aliphatic rings. The molecule has 3 N–H and O–H groups in total. The Kier molecular flexibility index (Phi) is 10.5. The Balaban J connectivity index is 1.03. The number of rotatable bonds is 11. The van der Waals surface area contributed by atoms with Crippen LogP contribution in [0.25, 0.3) is 22.2 Å². The average molecular weight is 698 g/mol. The number of thioether (sulfide) groups is 1. The van der Waals surface area contributed by atoms with Gasteiger partial charge in [-0.15, -0.1) is 11.8 Å². The van der Waals surface area contributed by atoms with Crippen molar-refractivity contribution in [3.8, 4) is 11.1 Å². The molecule has 2 heterocycles. The molecule has 9 nitrogen and oxygen atoms in total. The van der Waals surface area contributed by atoms with Crippen LogP contribution in [0.5, 0.6) is 0 Å². The van der Waals surface area contributed by atoms with Crippen molar-refractivity contribution < 1.29 is 29.3 Å². The number of ether oxygens (including phenoxy) is 2. The monoisotopic (exact) mass is 697 g/mol. The van der Waals surface area contributed by atoms with E-state index in [4.69, 9.17) is 9.47 Å². The summed E-state index contributed by atoms with van der Waals surface area (Å²) in [5, 5.41) is 21.7. The first kappa shape index (κ1) is 34.1. The maximum atomic E-state index is 12.8. The first-order valence-corrected chi connectivity index (χ1v) is 17.6. The Bertz CT molecular complexity index is 2140. The fourth-order valence-corrected chi connectivity index (χ4v) is 6.86. The molecule has 6 aromatic rings. The maximum absolute atomic E-state index is 12.8. The van der Waals surface area contributed by atoms with Crippen LogP contribution >= 0.6 is 11.8 Å². The minimum atomic E-state index is -0.951. The second-order valence-corrected chi connectivity index (χ2v) is 13.3. The van der Waals surface area contributed by atoms with Crippen molar-refractivity contribution in [2.45, 2.75) is 43.0 Å². The lowest BCUT2D eigenvalue weighted by molar-refractivity contribution is -0.245. The van der Waals surface area contributed by atoms with Gasteiger partial charge < -0.3 is 25.0 Å². The summed E-state index contributed by atoms with van der Waals surface area (Å²) in [6.45, 7) is 0.314. The molecule has 51 heavy (non-hydrogen) atoms. The zero-order valence-corrected chi connectivity index (χ0v) is 28.3. The van der Waals surface area contributed by atoms with E-state index in [1.54, 1.807) is 23.9 Å². The summed E-state index contributed by atoms with van der Waals surface area (Å²) in [7, 11) is 0. The Morgan fingerprint density at radius 3 is 2.27 bits per heavy atom. The zero-order valence-electron chi connectivity index (χ0n) is 27.5. The topological polar surface area (TPSA) is 131 Å². The third-order valence-corrected chi connectivity index (χ3v) is 9.87. The van der Waals surface area contributed by atoms with Crippen LogP contribution < -0.4 is 5.32 Å². The van der Waals surface area contributed by atoms with E-state index < -0.39 is 12.3 Å². The number of hydrogen-bond acceptors (Lipinski definition) is 8. The second-order valence-electron chi connectivity index (χ2n) is 12.2. The first-order chi connectivity index (χ1) is 24.9. The molecule has 1 amide bonds. The number of aromatic nitrogens is 2. The van der Waals surface area contributed by atoms with Crippen LogP contribution in [0.1, 0.15) is 61.9 Å². The minimum absolute atomic E-state index is 0.0259. The van der Waals surface area contributed by atoms with Gasteiger partial charge in [-0.3, -0.25) is 9.78 Å². The normalized spacial score (nSPS) is 17.2. The highest BCUT2D eigenvalue weighted by Crippen LogP contribution is 2.40. The van der Waals surface area contributed by atoms with Crippen LogP contribution in [0.3, 0.4) is 0 Å². The molecule has 1 aromatic heterocycles. The number of aliphatic hydroxyl groups is 1. The lowest BCUT2D eigenvalue weighted by Crippen LogP contribution is -2.31. The molecule has 3 atom stereocenters. The Morgan fingerprint density at radius 1 is 0.784 bits per heavy atom. The number of fused-ring (bicyclic) bond motifs is 1. The van der Waals surface area contributed by atoms with Crippen molar-refractivity contribution in [1.29, 1.82) is 0 Å². The van der Waals surface area contributed by atoms with Gasteiger partial charge in [0.1, 0.15) is 5.69 Å². The fourth-order valence-electron chi connectivity index (χ4n) is 5.94. The van der Waals surface area contributed by atoms with Gasteiger partial charge in [-0.05, 0) is 70.3 Å². The number of carbonyl (C=O) groups excluding carboxylic acids is 1. The lowest BCUT2D eigenvalue weighted by atomic mass is 9.99. The van der Waals surface area contributed by atoms with E-state index in [0.717, 1.165) is 43.8 Å². The fraction of sp³-hybridized carbons (Fsp3) is 0.171. The number of para-hydroxylation sites is 2. The van der Waals surface area contributed by atoms with Crippen molar-refractivity contribution in [2.24, 2.45) is 0 Å². The van der Waals surface area contributed by atoms with Crippen LogP contribution in [0.2, 0.25) is 0 Å². The van der Waals surface area contributed by atoms with Crippen LogP contribution in [0, 0.1) is 0 Å². The standard InChI is InChI=1S/C41H35N3O6S/c45-24-26-8-10-29(11-9-26)38-21-33(25-51-34-18-16-30(17-19-34)40(47)48)49-41(50-38)31-14-12-28(13-15-31)32-5-3-4-27(20-32)22-43-39(46)37-23-42-35-6-1-2-7-36(35)44-37/h1-20,23,33,38,41,45H,21-22,24-25H2,(H,43,46)(H,47,48)/t33-,38+,41+/m1/s1. The molecule has 0 saturated carbocycles. The smallest absolute Gasteiger partial charge is 0.335 e. The van der Waals surface area contributed by atoms with Crippen molar-refractivity contribution in [2.75, 3.05) is 5.75 Å². The van der Waals surface area contributed by atoms with E-state index >= 15 is 0 Å². The van der Waals surface area contributed by atoms with Crippen LogP contribution in [-0.4, -0.2) is 43.9 Å². The lowest BCUT2D eigenvalue weighted by Gasteiger charge is -2.36. The Hall–Kier alpha value is -5.39. The Morgan fingerprint density at radius 2 is 1.53 bits per heavy atom. The molecule has 5 aromatic carbocycles. The van der Waals surface area contributed by atoms with Gasteiger partial charge in [0.05, 0.1) is 41.6 Å². The molecule has 0 radical (unpaired) electrons. The second kappa shape index (κ2) is 15.7. The predicted molar refractivity (Wildman–Crippen MR) is 195 cm³/mol. The van der Waals surface area contributed by atoms with Gasteiger partial charge in [0.15, 0.2) is 6.29 Å².